The van der Waals surface area contributed by atoms with Crippen molar-refractivity contribution in [1.82, 2.24) is 10.3 Å². The predicted molar refractivity (Wildman–Crippen MR) is 82.1 cm³/mol. The third-order valence-corrected chi connectivity index (χ3v) is 4.13. The van der Waals surface area contributed by atoms with Gasteiger partial charge in [-0.15, -0.1) is 0 Å². The Labute approximate surface area is 121 Å². The smallest absolute Gasteiger partial charge is 0.269 e. The highest BCUT2D eigenvalue weighted by Gasteiger charge is 2.11. The molecule has 5 heteroatoms. The fourth-order valence-electron chi connectivity index (χ4n) is 1.66. The highest BCUT2D eigenvalue weighted by Crippen LogP contribution is 2.22. The molecule has 1 amide bonds. The molecule has 1 aromatic heterocycles. The summed E-state index contributed by atoms with van der Waals surface area (Å²) in [6.07, 6.45) is 2.02. The van der Waals surface area contributed by atoms with E-state index in [0.717, 1.165) is 10.9 Å². The number of hydrogen-bond acceptors (Lipinski definition) is 3. The highest BCUT2D eigenvalue weighted by atomic mass is 35.5. The Kier molecular flexibility index (Phi) is 4.66. The Morgan fingerprint density at radius 1 is 1.47 bits per heavy atom. The van der Waals surface area contributed by atoms with E-state index in [0.29, 0.717) is 22.5 Å². The second kappa shape index (κ2) is 6.26. The molecule has 0 radical (unpaired) electrons. The van der Waals surface area contributed by atoms with Gasteiger partial charge in [0.1, 0.15) is 5.69 Å². The third kappa shape index (κ3) is 3.39. The zero-order chi connectivity index (χ0) is 13.8. The fourth-order valence-corrected chi connectivity index (χ4v) is 2.17. The molecule has 2 aromatic rings. The quantitative estimate of drug-likeness (QED) is 0.940. The van der Waals surface area contributed by atoms with Gasteiger partial charge >= 0.3 is 0 Å². The molecule has 1 aromatic carbocycles. The number of rotatable bonds is 4. The van der Waals surface area contributed by atoms with E-state index in [-0.39, 0.29) is 5.91 Å². The summed E-state index contributed by atoms with van der Waals surface area (Å²) in [5.74, 6) is -0.187. The molecule has 2 rings (SSSR count). The minimum absolute atomic E-state index is 0.187. The van der Waals surface area contributed by atoms with Crippen LogP contribution in [0.3, 0.4) is 0 Å². The molecule has 1 N–H and O–H groups in total. The SMILES string of the molecule is CSC(C)CNC(=O)c1cc(Cl)c2ccccc2n1. The Morgan fingerprint density at radius 3 is 2.95 bits per heavy atom. The lowest BCUT2D eigenvalue weighted by Crippen LogP contribution is -2.30. The number of para-hydroxylation sites is 1. The van der Waals surface area contributed by atoms with E-state index >= 15 is 0 Å². The molecule has 0 aliphatic heterocycles. The van der Waals surface area contributed by atoms with Crippen LogP contribution in [0.4, 0.5) is 0 Å². The van der Waals surface area contributed by atoms with Crippen molar-refractivity contribution < 1.29 is 4.79 Å². The van der Waals surface area contributed by atoms with Crippen molar-refractivity contribution in [2.45, 2.75) is 12.2 Å². The molecular weight excluding hydrogens is 280 g/mol. The van der Waals surface area contributed by atoms with Gasteiger partial charge in [0.05, 0.1) is 10.5 Å². The zero-order valence-corrected chi connectivity index (χ0v) is 12.4. The molecule has 1 heterocycles. The summed E-state index contributed by atoms with van der Waals surface area (Å²) >= 11 is 7.88. The minimum Gasteiger partial charge on any atom is -0.350 e. The topological polar surface area (TPSA) is 42.0 Å². The van der Waals surface area contributed by atoms with E-state index in [4.69, 9.17) is 11.6 Å². The van der Waals surface area contributed by atoms with E-state index in [1.54, 1.807) is 17.8 Å². The molecule has 0 aliphatic rings. The molecular formula is C14H15ClN2OS. The van der Waals surface area contributed by atoms with Gasteiger partial charge in [-0.3, -0.25) is 4.79 Å². The summed E-state index contributed by atoms with van der Waals surface area (Å²) < 4.78 is 0. The number of hydrogen-bond donors (Lipinski definition) is 1. The van der Waals surface area contributed by atoms with Crippen LogP contribution in [-0.2, 0) is 0 Å². The Morgan fingerprint density at radius 2 is 2.21 bits per heavy atom. The first kappa shape index (κ1) is 14.2. The first-order valence-corrected chi connectivity index (χ1v) is 7.64. The Balaban J connectivity index is 2.23. The summed E-state index contributed by atoms with van der Waals surface area (Å²) in [7, 11) is 0. The third-order valence-electron chi connectivity index (χ3n) is 2.85. The van der Waals surface area contributed by atoms with Gasteiger partial charge in [0.2, 0.25) is 0 Å². The van der Waals surface area contributed by atoms with Crippen LogP contribution in [0.5, 0.6) is 0 Å². The van der Waals surface area contributed by atoms with Gasteiger partial charge in [-0.05, 0) is 18.4 Å². The summed E-state index contributed by atoms with van der Waals surface area (Å²) in [6, 6.07) is 9.13. The summed E-state index contributed by atoms with van der Waals surface area (Å²) in [5.41, 5.74) is 1.09. The molecule has 1 atom stereocenters. The second-order valence-electron chi connectivity index (χ2n) is 4.26. The molecule has 100 valence electrons. The van der Waals surface area contributed by atoms with E-state index < -0.39 is 0 Å². The van der Waals surface area contributed by atoms with Crippen molar-refractivity contribution in [3.05, 3.63) is 41.0 Å². The van der Waals surface area contributed by atoms with Crippen LogP contribution in [0.25, 0.3) is 10.9 Å². The van der Waals surface area contributed by atoms with Crippen LogP contribution in [0, 0.1) is 0 Å². The average molecular weight is 295 g/mol. The second-order valence-corrected chi connectivity index (χ2v) is 5.95. The van der Waals surface area contributed by atoms with Crippen molar-refractivity contribution in [1.29, 1.82) is 0 Å². The van der Waals surface area contributed by atoms with Gasteiger partial charge < -0.3 is 5.32 Å². The van der Waals surface area contributed by atoms with Gasteiger partial charge in [-0.25, -0.2) is 4.98 Å². The van der Waals surface area contributed by atoms with Gasteiger partial charge in [0.15, 0.2) is 0 Å². The van der Waals surface area contributed by atoms with E-state index in [2.05, 4.69) is 17.2 Å². The van der Waals surface area contributed by atoms with Gasteiger partial charge in [-0.1, -0.05) is 36.7 Å². The number of pyridine rings is 1. The minimum atomic E-state index is -0.187. The lowest BCUT2D eigenvalue weighted by molar-refractivity contribution is 0.0949. The number of halogens is 1. The highest BCUT2D eigenvalue weighted by molar-refractivity contribution is 7.99. The average Bonchev–Trinajstić information content (AvgIpc) is 2.44. The molecule has 0 bridgehead atoms. The van der Waals surface area contributed by atoms with Crippen LogP contribution < -0.4 is 5.32 Å². The van der Waals surface area contributed by atoms with E-state index in [1.165, 1.54) is 0 Å². The van der Waals surface area contributed by atoms with Crippen molar-refractivity contribution >= 4 is 40.2 Å². The largest absolute Gasteiger partial charge is 0.350 e. The van der Waals surface area contributed by atoms with E-state index in [9.17, 15) is 4.79 Å². The van der Waals surface area contributed by atoms with Crippen molar-refractivity contribution in [3.8, 4) is 0 Å². The van der Waals surface area contributed by atoms with Crippen molar-refractivity contribution in [2.75, 3.05) is 12.8 Å². The first-order chi connectivity index (χ1) is 9.11. The monoisotopic (exact) mass is 294 g/mol. The zero-order valence-electron chi connectivity index (χ0n) is 10.8. The first-order valence-electron chi connectivity index (χ1n) is 5.98. The van der Waals surface area contributed by atoms with Crippen LogP contribution in [0.15, 0.2) is 30.3 Å². The number of nitrogens with one attached hydrogen (secondary N) is 1. The molecule has 0 aliphatic carbocycles. The predicted octanol–water partition coefficient (Wildman–Crippen LogP) is 3.37. The number of amides is 1. The molecule has 0 spiro atoms. The van der Waals surface area contributed by atoms with Crippen LogP contribution in [0.2, 0.25) is 5.02 Å². The molecule has 19 heavy (non-hydrogen) atoms. The summed E-state index contributed by atoms with van der Waals surface area (Å²) in [5, 5.41) is 4.64. The van der Waals surface area contributed by atoms with E-state index in [1.807, 2.05) is 30.5 Å². The number of fused-ring (bicyclic) bond motifs is 1. The van der Waals surface area contributed by atoms with Crippen LogP contribution in [-0.4, -0.2) is 28.9 Å². The molecule has 0 fully saturated rings. The van der Waals surface area contributed by atoms with Crippen LogP contribution >= 0.6 is 23.4 Å². The maximum atomic E-state index is 12.0. The Bertz CT molecular complexity index is 603. The van der Waals surface area contributed by atoms with Gasteiger partial charge in [-0.2, -0.15) is 11.8 Å². The Hall–Kier alpha value is -1.26. The molecule has 0 saturated carbocycles. The molecule has 1 unspecified atom stereocenters. The summed E-state index contributed by atoms with van der Waals surface area (Å²) in [4.78, 5) is 16.4. The van der Waals surface area contributed by atoms with Gasteiger partial charge in [0.25, 0.3) is 5.91 Å². The number of benzene rings is 1. The molecule has 0 saturated heterocycles. The number of aromatic nitrogens is 1. The normalized spacial score (nSPS) is 12.4. The number of thioether (sulfide) groups is 1. The maximum Gasteiger partial charge on any atom is 0.269 e. The lowest BCUT2D eigenvalue weighted by Gasteiger charge is -2.10. The standard InChI is InChI=1S/C14H15ClN2OS/c1-9(19-2)8-16-14(18)13-7-11(15)10-5-3-4-6-12(10)17-13/h3-7,9H,8H2,1-2H3,(H,16,18). The van der Waals surface area contributed by atoms with Crippen molar-refractivity contribution in [3.63, 3.8) is 0 Å². The lowest BCUT2D eigenvalue weighted by atomic mass is 10.2. The molecule has 3 nitrogen and oxygen atoms in total. The number of nitrogens with zero attached hydrogens (tertiary/aromatic N) is 1. The number of carbonyl (C=O) groups is 1. The van der Waals surface area contributed by atoms with Crippen LogP contribution in [0.1, 0.15) is 17.4 Å². The fraction of sp³-hybridized carbons (Fsp3) is 0.286. The maximum absolute atomic E-state index is 12.0. The van der Waals surface area contributed by atoms with Crippen molar-refractivity contribution in [2.24, 2.45) is 0 Å². The van der Waals surface area contributed by atoms with Gasteiger partial charge in [0, 0.05) is 17.2 Å². The summed E-state index contributed by atoms with van der Waals surface area (Å²) in [6.45, 7) is 2.68. The number of carbonyl (C=O) groups excluding carboxylic acids is 1.